The molecule has 3 aromatic rings. The van der Waals surface area contributed by atoms with Crippen molar-refractivity contribution in [1.82, 2.24) is 4.98 Å². The van der Waals surface area contributed by atoms with Crippen LogP contribution in [0.1, 0.15) is 24.5 Å². The van der Waals surface area contributed by atoms with Crippen molar-refractivity contribution in [2.75, 3.05) is 6.61 Å². The van der Waals surface area contributed by atoms with E-state index in [0.717, 1.165) is 16.7 Å². The first kappa shape index (κ1) is 20.8. The van der Waals surface area contributed by atoms with E-state index in [0.29, 0.717) is 36.0 Å². The molecule has 0 amide bonds. The number of hydrogen-bond donors (Lipinski definition) is 0. The van der Waals surface area contributed by atoms with E-state index in [-0.39, 0.29) is 13.0 Å². The number of alkyl halides is 4. The molecule has 3 rings (SSSR count). The Morgan fingerprint density at radius 2 is 1.83 bits per heavy atom. The van der Waals surface area contributed by atoms with Crippen molar-refractivity contribution in [3.63, 3.8) is 0 Å². The summed E-state index contributed by atoms with van der Waals surface area (Å²) in [5.74, 6) is -3.23. The van der Waals surface area contributed by atoms with Gasteiger partial charge in [0.25, 0.3) is 0 Å². The molecule has 2 aromatic carbocycles. The van der Waals surface area contributed by atoms with Gasteiger partial charge in [0.05, 0.1) is 18.7 Å². The van der Waals surface area contributed by atoms with Crippen molar-refractivity contribution >= 4 is 16.8 Å². The first-order valence-electron chi connectivity index (χ1n) is 8.88. The average Bonchev–Trinajstić information content (AvgIpc) is 3.09. The lowest BCUT2D eigenvalue weighted by Gasteiger charge is -2.23. The number of aryl methyl sites for hydroxylation is 2. The van der Waals surface area contributed by atoms with Crippen LogP contribution in [0.25, 0.3) is 27.4 Å². The standard InChI is InChI=1S/C21H18F4N2O2/c1-13-11-16(26-3)12-17-18(13)29-19(27-17)15-8-6-14(7-9-15)5-4-10-28-20(2,22)21(23,24)25/h6-9,11-12H,4-5,10H2,1-2H3. The summed E-state index contributed by atoms with van der Waals surface area (Å²) in [6.07, 6.45) is -4.37. The predicted octanol–water partition coefficient (Wildman–Crippen LogP) is 6.55. The highest BCUT2D eigenvalue weighted by atomic mass is 19.4. The summed E-state index contributed by atoms with van der Waals surface area (Å²) in [4.78, 5) is 7.84. The Labute approximate surface area is 164 Å². The number of hydrogen-bond acceptors (Lipinski definition) is 3. The van der Waals surface area contributed by atoms with Crippen LogP contribution in [0.3, 0.4) is 0 Å². The van der Waals surface area contributed by atoms with E-state index >= 15 is 0 Å². The number of fused-ring (bicyclic) bond motifs is 1. The lowest BCUT2D eigenvalue weighted by atomic mass is 10.1. The van der Waals surface area contributed by atoms with Crippen LogP contribution >= 0.6 is 0 Å². The molecule has 0 aliphatic heterocycles. The first-order valence-corrected chi connectivity index (χ1v) is 8.88. The minimum Gasteiger partial charge on any atom is -0.436 e. The number of aromatic nitrogens is 1. The van der Waals surface area contributed by atoms with Gasteiger partial charge in [-0.1, -0.05) is 12.1 Å². The molecule has 152 valence electrons. The Kier molecular flexibility index (Phi) is 5.62. The van der Waals surface area contributed by atoms with Crippen molar-refractivity contribution in [2.24, 2.45) is 0 Å². The second-order valence-corrected chi connectivity index (χ2v) is 6.81. The number of nitrogens with zero attached hydrogens (tertiary/aromatic N) is 2. The third-order valence-electron chi connectivity index (χ3n) is 4.48. The predicted molar refractivity (Wildman–Crippen MR) is 100 cm³/mol. The monoisotopic (exact) mass is 406 g/mol. The average molecular weight is 406 g/mol. The number of oxazole rings is 1. The molecule has 0 aliphatic rings. The Morgan fingerprint density at radius 1 is 1.14 bits per heavy atom. The summed E-state index contributed by atoms with van der Waals surface area (Å²) in [6.45, 7) is 8.99. The maximum Gasteiger partial charge on any atom is 0.448 e. The molecule has 4 nitrogen and oxygen atoms in total. The molecule has 1 heterocycles. The molecule has 0 N–H and O–H groups in total. The molecule has 0 saturated heterocycles. The topological polar surface area (TPSA) is 39.6 Å². The number of benzene rings is 2. The zero-order chi connectivity index (χ0) is 21.2. The highest BCUT2D eigenvalue weighted by Gasteiger charge is 2.53. The van der Waals surface area contributed by atoms with Gasteiger partial charge in [0.2, 0.25) is 5.89 Å². The minimum absolute atomic E-state index is 0.246. The normalized spacial score (nSPS) is 14.0. The molecule has 0 spiro atoms. The van der Waals surface area contributed by atoms with Crippen LogP contribution in [-0.4, -0.2) is 23.6 Å². The van der Waals surface area contributed by atoms with Crippen LogP contribution in [0, 0.1) is 13.5 Å². The van der Waals surface area contributed by atoms with E-state index in [4.69, 9.17) is 11.0 Å². The van der Waals surface area contributed by atoms with Gasteiger partial charge in [0.15, 0.2) is 11.3 Å². The second kappa shape index (κ2) is 7.84. The van der Waals surface area contributed by atoms with Gasteiger partial charge in [-0.15, -0.1) is 0 Å². The van der Waals surface area contributed by atoms with Gasteiger partial charge in [-0.2, -0.15) is 13.2 Å². The molecule has 0 saturated carbocycles. The molecule has 29 heavy (non-hydrogen) atoms. The molecular weight excluding hydrogens is 388 g/mol. The second-order valence-electron chi connectivity index (χ2n) is 6.81. The van der Waals surface area contributed by atoms with Crippen LogP contribution in [0.5, 0.6) is 0 Å². The van der Waals surface area contributed by atoms with E-state index in [1.807, 2.05) is 6.92 Å². The van der Waals surface area contributed by atoms with Gasteiger partial charge in [-0.3, -0.25) is 0 Å². The zero-order valence-corrected chi connectivity index (χ0v) is 15.8. The molecule has 0 radical (unpaired) electrons. The molecular formula is C21H18F4N2O2. The smallest absolute Gasteiger partial charge is 0.436 e. The third kappa shape index (κ3) is 4.57. The maximum atomic E-state index is 13.3. The summed E-state index contributed by atoms with van der Waals surface area (Å²) in [6, 6.07) is 10.6. The Morgan fingerprint density at radius 3 is 2.45 bits per heavy atom. The molecule has 1 unspecified atom stereocenters. The van der Waals surface area contributed by atoms with Crippen LogP contribution in [-0.2, 0) is 11.2 Å². The lowest BCUT2D eigenvalue weighted by molar-refractivity contribution is -0.324. The van der Waals surface area contributed by atoms with Crippen molar-refractivity contribution in [3.8, 4) is 11.5 Å². The van der Waals surface area contributed by atoms with Crippen molar-refractivity contribution < 1.29 is 26.7 Å². The van der Waals surface area contributed by atoms with Gasteiger partial charge in [-0.25, -0.2) is 14.2 Å². The van der Waals surface area contributed by atoms with E-state index in [1.54, 1.807) is 36.4 Å². The Hall–Kier alpha value is -2.92. The van der Waals surface area contributed by atoms with Crippen molar-refractivity contribution in [1.29, 1.82) is 0 Å². The van der Waals surface area contributed by atoms with Gasteiger partial charge in [0.1, 0.15) is 0 Å². The van der Waals surface area contributed by atoms with Gasteiger partial charge >= 0.3 is 12.0 Å². The fourth-order valence-electron chi connectivity index (χ4n) is 2.81. The Bertz CT molecular complexity index is 1050. The van der Waals surface area contributed by atoms with E-state index < -0.39 is 12.0 Å². The summed E-state index contributed by atoms with van der Waals surface area (Å²) in [7, 11) is 0. The summed E-state index contributed by atoms with van der Waals surface area (Å²) < 4.78 is 60.7. The molecule has 1 aromatic heterocycles. The summed E-state index contributed by atoms with van der Waals surface area (Å²) in [5.41, 5.74) is 4.13. The Balaban J connectivity index is 1.64. The molecule has 0 aliphatic carbocycles. The highest BCUT2D eigenvalue weighted by Crippen LogP contribution is 2.34. The fourth-order valence-corrected chi connectivity index (χ4v) is 2.81. The highest BCUT2D eigenvalue weighted by molar-refractivity contribution is 5.83. The fraction of sp³-hybridized carbons (Fsp3) is 0.333. The summed E-state index contributed by atoms with van der Waals surface area (Å²) >= 11 is 0. The molecule has 0 bridgehead atoms. The zero-order valence-electron chi connectivity index (χ0n) is 15.8. The quantitative estimate of drug-likeness (QED) is 0.265. The molecule has 8 heteroatoms. The third-order valence-corrected chi connectivity index (χ3v) is 4.48. The van der Waals surface area contributed by atoms with Crippen molar-refractivity contribution in [3.05, 3.63) is 58.9 Å². The van der Waals surface area contributed by atoms with E-state index in [1.165, 1.54) is 0 Å². The molecule has 1 atom stereocenters. The largest absolute Gasteiger partial charge is 0.448 e. The number of halogens is 4. The van der Waals surface area contributed by atoms with E-state index in [9.17, 15) is 17.6 Å². The minimum atomic E-state index is -5.05. The van der Waals surface area contributed by atoms with Crippen LogP contribution in [0.15, 0.2) is 40.8 Å². The van der Waals surface area contributed by atoms with Crippen LogP contribution < -0.4 is 0 Å². The van der Waals surface area contributed by atoms with Gasteiger partial charge in [-0.05, 0) is 55.2 Å². The lowest BCUT2D eigenvalue weighted by Crippen LogP contribution is -2.40. The number of ether oxygens (including phenoxy) is 1. The van der Waals surface area contributed by atoms with Gasteiger partial charge in [0, 0.05) is 12.5 Å². The van der Waals surface area contributed by atoms with Crippen molar-refractivity contribution in [2.45, 2.75) is 38.7 Å². The van der Waals surface area contributed by atoms with Gasteiger partial charge < -0.3 is 9.15 Å². The SMILES string of the molecule is [C-]#[N+]c1cc(C)c2oc(-c3ccc(CCCOC(C)(F)C(F)(F)F)cc3)nc2c1. The summed E-state index contributed by atoms with van der Waals surface area (Å²) in [5, 5.41) is 0. The first-order chi connectivity index (χ1) is 13.6. The van der Waals surface area contributed by atoms with Crippen LogP contribution in [0.2, 0.25) is 0 Å². The van der Waals surface area contributed by atoms with E-state index in [2.05, 4.69) is 14.6 Å². The molecule has 0 fully saturated rings. The number of rotatable bonds is 6. The van der Waals surface area contributed by atoms with Crippen LogP contribution in [0.4, 0.5) is 23.2 Å². The maximum absolute atomic E-state index is 13.3.